The molecule has 0 saturated carbocycles. The Morgan fingerprint density at radius 2 is 0.803 bits per heavy atom. The van der Waals surface area contributed by atoms with Crippen LogP contribution in [0.15, 0.2) is 85.1 Å². The summed E-state index contributed by atoms with van der Waals surface area (Å²) in [6.45, 7) is 4.72. The SMILES string of the molecule is CC/C=C\C/C=C\C/C=C\C/C=C\C/C=C\C/C=C\CCCCC(=O)OC(COC(=O)CCCCCCCCCCCCCCC/C=C\CCCCCCCCCC)COC(OCC[N+](C)(C)C)C(=O)O. The van der Waals surface area contributed by atoms with Gasteiger partial charge in [0.05, 0.1) is 34.4 Å². The van der Waals surface area contributed by atoms with Gasteiger partial charge >= 0.3 is 17.9 Å². The molecule has 0 fully saturated rings. The number of carbonyl (C=O) groups is 3. The standard InChI is InChI=1S/C62H107NO8/c1-6-8-10-12-14-16-18-20-22-24-26-28-29-30-31-33-34-36-38-40-42-44-46-48-50-52-59(64)69-56-58(57-70-62(61(66)67)68-55-54-63(3,4)5)71-60(65)53-51-49-47-45-43-41-39-37-35-32-27-25-23-21-19-17-15-13-11-9-7-2/h9,11,15,17,21,23-24,26-27,32,37,39,43,45,58,62H,6-8,10,12-14,16,18-20,22,25,28-31,33-36,38,40-42,44,46-57H2,1-5H3/p+1/b11-9-,17-15-,23-21-,26-24-,32-27-,39-37-,45-43-. The first kappa shape index (κ1) is 67.5. The third-order valence-corrected chi connectivity index (χ3v) is 12.1. The molecule has 0 rings (SSSR count). The van der Waals surface area contributed by atoms with Crippen LogP contribution >= 0.6 is 0 Å². The van der Waals surface area contributed by atoms with E-state index in [9.17, 15) is 19.5 Å². The van der Waals surface area contributed by atoms with Gasteiger partial charge in [-0.2, -0.15) is 0 Å². The van der Waals surface area contributed by atoms with Gasteiger partial charge in [-0.15, -0.1) is 0 Å². The van der Waals surface area contributed by atoms with Gasteiger partial charge < -0.3 is 28.5 Å². The normalized spacial score (nSPS) is 13.4. The van der Waals surface area contributed by atoms with Crippen LogP contribution in [0, 0.1) is 0 Å². The largest absolute Gasteiger partial charge is 0.477 e. The molecule has 0 saturated heterocycles. The number of hydrogen-bond donors (Lipinski definition) is 1. The molecular formula is C62H108NO8+. The van der Waals surface area contributed by atoms with Gasteiger partial charge in [0.2, 0.25) is 0 Å². The molecule has 0 spiro atoms. The van der Waals surface area contributed by atoms with Crippen LogP contribution in [-0.2, 0) is 33.3 Å². The molecule has 0 aromatic carbocycles. The number of unbranched alkanes of at least 4 members (excludes halogenated alkanes) is 23. The Morgan fingerprint density at radius 3 is 1.24 bits per heavy atom. The molecule has 0 bridgehead atoms. The highest BCUT2D eigenvalue weighted by Gasteiger charge is 2.25. The van der Waals surface area contributed by atoms with E-state index in [-0.39, 0.29) is 38.6 Å². The lowest BCUT2D eigenvalue weighted by atomic mass is 10.0. The zero-order valence-corrected chi connectivity index (χ0v) is 46.4. The first-order valence-corrected chi connectivity index (χ1v) is 28.8. The Balaban J connectivity index is 4.32. The van der Waals surface area contributed by atoms with Crippen LogP contribution in [0.3, 0.4) is 0 Å². The third-order valence-electron chi connectivity index (χ3n) is 12.1. The number of nitrogens with zero attached hydrogens (tertiary/aromatic N) is 1. The summed E-state index contributed by atoms with van der Waals surface area (Å²) < 4.78 is 22.8. The second-order valence-electron chi connectivity index (χ2n) is 20.2. The minimum Gasteiger partial charge on any atom is -0.477 e. The topological polar surface area (TPSA) is 108 Å². The summed E-state index contributed by atoms with van der Waals surface area (Å²) in [5, 5.41) is 9.69. The van der Waals surface area contributed by atoms with Crippen LogP contribution in [0.5, 0.6) is 0 Å². The van der Waals surface area contributed by atoms with Gasteiger partial charge in [-0.25, -0.2) is 4.79 Å². The molecule has 0 aliphatic carbocycles. The van der Waals surface area contributed by atoms with Crippen LogP contribution in [-0.4, -0.2) is 87.4 Å². The highest BCUT2D eigenvalue weighted by Crippen LogP contribution is 2.15. The molecular weight excluding hydrogens is 887 g/mol. The Hall–Kier alpha value is -3.53. The number of ether oxygens (including phenoxy) is 4. The van der Waals surface area contributed by atoms with Crippen LogP contribution in [0.1, 0.15) is 232 Å². The number of carbonyl (C=O) groups excluding carboxylic acids is 2. The maximum absolute atomic E-state index is 12.8. The fourth-order valence-corrected chi connectivity index (χ4v) is 7.72. The van der Waals surface area contributed by atoms with E-state index >= 15 is 0 Å². The van der Waals surface area contributed by atoms with Gasteiger partial charge in [0.15, 0.2) is 6.10 Å². The molecule has 1 N–H and O–H groups in total. The first-order chi connectivity index (χ1) is 34.6. The number of carboxylic acids is 1. The van der Waals surface area contributed by atoms with Crippen molar-refractivity contribution in [1.29, 1.82) is 0 Å². The molecule has 71 heavy (non-hydrogen) atoms. The number of likely N-dealkylation sites (N-methyl/N-ethyl adjacent to an activating group) is 1. The molecule has 2 unspecified atom stereocenters. The molecule has 0 aromatic rings. The number of aliphatic carboxylic acids is 1. The van der Waals surface area contributed by atoms with Crippen molar-refractivity contribution < 1.29 is 42.9 Å². The molecule has 0 heterocycles. The number of allylic oxidation sites excluding steroid dienone is 14. The predicted octanol–water partition coefficient (Wildman–Crippen LogP) is 16.8. The Morgan fingerprint density at radius 1 is 0.437 bits per heavy atom. The van der Waals surface area contributed by atoms with E-state index in [1.807, 2.05) is 21.1 Å². The van der Waals surface area contributed by atoms with Gasteiger partial charge in [-0.05, 0) is 89.9 Å². The molecule has 9 nitrogen and oxygen atoms in total. The summed E-state index contributed by atoms with van der Waals surface area (Å²) in [5.74, 6) is -2.07. The van der Waals surface area contributed by atoms with Crippen molar-refractivity contribution >= 4 is 17.9 Å². The van der Waals surface area contributed by atoms with Crippen molar-refractivity contribution in [1.82, 2.24) is 0 Å². The lowest BCUT2D eigenvalue weighted by molar-refractivity contribution is -0.870. The summed E-state index contributed by atoms with van der Waals surface area (Å²) >= 11 is 0. The monoisotopic (exact) mass is 995 g/mol. The molecule has 0 aliphatic rings. The summed E-state index contributed by atoms with van der Waals surface area (Å²) in [6, 6.07) is 0. The molecule has 0 aliphatic heterocycles. The van der Waals surface area contributed by atoms with E-state index in [2.05, 4.69) is 98.9 Å². The fraction of sp³-hybridized carbons (Fsp3) is 0.726. The minimum absolute atomic E-state index is 0.175. The van der Waals surface area contributed by atoms with Gasteiger partial charge in [0.1, 0.15) is 13.2 Å². The smallest absolute Gasteiger partial charge is 0.361 e. The maximum Gasteiger partial charge on any atom is 0.361 e. The van der Waals surface area contributed by atoms with E-state index in [1.54, 1.807) is 0 Å². The Bertz CT molecular complexity index is 1440. The average molecular weight is 996 g/mol. The van der Waals surface area contributed by atoms with Crippen molar-refractivity contribution in [3.05, 3.63) is 85.1 Å². The zero-order valence-electron chi connectivity index (χ0n) is 46.4. The van der Waals surface area contributed by atoms with Gasteiger partial charge in [-0.1, -0.05) is 214 Å². The van der Waals surface area contributed by atoms with Crippen LogP contribution < -0.4 is 0 Å². The molecule has 0 radical (unpaired) electrons. The molecule has 9 heteroatoms. The lowest BCUT2D eigenvalue weighted by Crippen LogP contribution is -2.40. The highest BCUT2D eigenvalue weighted by atomic mass is 16.7. The van der Waals surface area contributed by atoms with E-state index in [0.717, 1.165) is 70.6 Å². The van der Waals surface area contributed by atoms with Gasteiger partial charge in [0.25, 0.3) is 6.29 Å². The molecule has 0 aromatic heterocycles. The third kappa shape index (κ3) is 54.1. The lowest BCUT2D eigenvalue weighted by Gasteiger charge is -2.25. The summed E-state index contributed by atoms with van der Waals surface area (Å²) in [4.78, 5) is 37.4. The van der Waals surface area contributed by atoms with Crippen LogP contribution in [0.4, 0.5) is 0 Å². The predicted molar refractivity (Wildman–Crippen MR) is 299 cm³/mol. The summed E-state index contributed by atoms with van der Waals surface area (Å²) in [6.07, 6.45) is 66.7. The van der Waals surface area contributed by atoms with E-state index in [4.69, 9.17) is 18.9 Å². The Labute approximate surface area is 436 Å². The highest BCUT2D eigenvalue weighted by molar-refractivity contribution is 5.71. The van der Waals surface area contributed by atoms with Gasteiger partial charge in [0, 0.05) is 12.8 Å². The van der Waals surface area contributed by atoms with Crippen molar-refractivity contribution in [3.63, 3.8) is 0 Å². The molecule has 2 atom stereocenters. The summed E-state index contributed by atoms with van der Waals surface area (Å²) in [7, 11) is 5.95. The number of rotatable bonds is 52. The Kier molecular flexibility index (Phi) is 50.2. The number of hydrogen-bond acceptors (Lipinski definition) is 7. The van der Waals surface area contributed by atoms with Crippen LogP contribution in [0.25, 0.3) is 0 Å². The van der Waals surface area contributed by atoms with E-state index < -0.39 is 24.3 Å². The second kappa shape index (κ2) is 52.8. The van der Waals surface area contributed by atoms with Gasteiger partial charge in [-0.3, -0.25) is 9.59 Å². The quantitative estimate of drug-likeness (QED) is 0.0211. The van der Waals surface area contributed by atoms with E-state index in [0.29, 0.717) is 17.4 Å². The maximum atomic E-state index is 12.8. The van der Waals surface area contributed by atoms with E-state index in [1.165, 1.54) is 128 Å². The number of esters is 2. The first-order valence-electron chi connectivity index (χ1n) is 28.8. The van der Waals surface area contributed by atoms with Crippen molar-refractivity contribution in [3.8, 4) is 0 Å². The number of carboxylic acid groups (broad SMARTS) is 1. The van der Waals surface area contributed by atoms with Crippen molar-refractivity contribution in [2.45, 2.75) is 245 Å². The molecule has 0 amide bonds. The number of quaternary nitrogens is 1. The minimum atomic E-state index is -1.53. The van der Waals surface area contributed by atoms with Crippen molar-refractivity contribution in [2.75, 3.05) is 47.5 Å². The van der Waals surface area contributed by atoms with Crippen molar-refractivity contribution in [2.24, 2.45) is 0 Å². The summed E-state index contributed by atoms with van der Waals surface area (Å²) in [5.41, 5.74) is 0. The second-order valence-corrected chi connectivity index (χ2v) is 20.2. The average Bonchev–Trinajstić information content (AvgIpc) is 3.34. The zero-order chi connectivity index (χ0) is 52.0. The fourth-order valence-electron chi connectivity index (χ4n) is 7.72. The van der Waals surface area contributed by atoms with Crippen LogP contribution in [0.2, 0.25) is 0 Å². The molecule has 408 valence electrons.